The summed E-state index contributed by atoms with van der Waals surface area (Å²) < 4.78 is 13.0. The highest BCUT2D eigenvalue weighted by Crippen LogP contribution is 2.26. The first-order chi connectivity index (χ1) is 8.55. The highest BCUT2D eigenvalue weighted by molar-refractivity contribution is 6.31. The largest absolute Gasteiger partial charge is 0.314 e. The van der Waals surface area contributed by atoms with Gasteiger partial charge in [0, 0.05) is 36.7 Å². The minimum atomic E-state index is -0.276. The Balaban J connectivity index is 2.16. The molecule has 18 heavy (non-hydrogen) atoms. The Labute approximate surface area is 113 Å². The Kier molecular flexibility index (Phi) is 4.25. The molecular weight excluding hydrogens is 251 g/mol. The first-order valence-electron chi connectivity index (χ1n) is 6.45. The van der Waals surface area contributed by atoms with E-state index in [0.717, 1.165) is 38.2 Å². The van der Waals surface area contributed by atoms with Crippen molar-refractivity contribution in [2.24, 2.45) is 0 Å². The summed E-state index contributed by atoms with van der Waals surface area (Å²) in [6, 6.07) is 4.66. The van der Waals surface area contributed by atoms with E-state index in [0.29, 0.717) is 5.02 Å². The molecule has 2 rings (SSSR count). The van der Waals surface area contributed by atoms with Gasteiger partial charge in [0.2, 0.25) is 0 Å². The van der Waals surface area contributed by atoms with E-state index in [2.05, 4.69) is 24.1 Å². The van der Waals surface area contributed by atoms with Crippen LogP contribution in [-0.4, -0.2) is 30.1 Å². The van der Waals surface area contributed by atoms with Crippen LogP contribution in [0.5, 0.6) is 0 Å². The monoisotopic (exact) mass is 270 g/mol. The Bertz CT molecular complexity index is 424. The van der Waals surface area contributed by atoms with Crippen LogP contribution in [0.3, 0.4) is 0 Å². The lowest BCUT2D eigenvalue weighted by Gasteiger charge is -2.45. The maximum atomic E-state index is 13.0. The molecule has 1 aromatic carbocycles. The van der Waals surface area contributed by atoms with Gasteiger partial charge < -0.3 is 5.32 Å². The first-order valence-corrected chi connectivity index (χ1v) is 6.82. The summed E-state index contributed by atoms with van der Waals surface area (Å²) in [5.74, 6) is -0.276. The number of piperazine rings is 1. The molecule has 100 valence electrons. The van der Waals surface area contributed by atoms with E-state index in [1.807, 2.05) is 0 Å². The van der Waals surface area contributed by atoms with Crippen molar-refractivity contribution < 1.29 is 4.39 Å². The average Bonchev–Trinajstić information content (AvgIpc) is 2.35. The van der Waals surface area contributed by atoms with Gasteiger partial charge in [-0.25, -0.2) is 4.39 Å². The first kappa shape index (κ1) is 13.8. The molecule has 4 heteroatoms. The molecule has 1 fully saturated rings. The minimum Gasteiger partial charge on any atom is -0.314 e. The smallest absolute Gasteiger partial charge is 0.124 e. The lowest BCUT2D eigenvalue weighted by Crippen LogP contribution is -2.58. The molecule has 1 saturated heterocycles. The Hall–Kier alpha value is -0.640. The normalized spacial score (nSPS) is 25.3. The number of hydrogen-bond donors (Lipinski definition) is 1. The van der Waals surface area contributed by atoms with Crippen molar-refractivity contribution in [1.29, 1.82) is 0 Å². The summed E-state index contributed by atoms with van der Waals surface area (Å²) in [4.78, 5) is 2.43. The van der Waals surface area contributed by atoms with E-state index < -0.39 is 0 Å². The highest BCUT2D eigenvalue weighted by Gasteiger charge is 2.32. The standard InChI is InChI=1S/C14H20ClFN2/c1-3-14(2)10-17-6-7-18(14)9-11-4-5-12(16)8-13(11)15/h4-5,8,17H,3,6-7,9-10H2,1-2H3. The molecule has 0 radical (unpaired) electrons. The quantitative estimate of drug-likeness (QED) is 0.908. The van der Waals surface area contributed by atoms with Crippen molar-refractivity contribution in [3.8, 4) is 0 Å². The average molecular weight is 271 g/mol. The molecule has 0 aliphatic carbocycles. The molecule has 1 N–H and O–H groups in total. The van der Waals surface area contributed by atoms with Gasteiger partial charge in [-0.15, -0.1) is 0 Å². The van der Waals surface area contributed by atoms with E-state index in [1.165, 1.54) is 12.1 Å². The number of benzene rings is 1. The molecule has 1 aliphatic rings. The molecule has 1 atom stereocenters. The topological polar surface area (TPSA) is 15.3 Å². The fraction of sp³-hybridized carbons (Fsp3) is 0.571. The zero-order valence-corrected chi connectivity index (χ0v) is 11.7. The minimum absolute atomic E-state index is 0.149. The van der Waals surface area contributed by atoms with E-state index in [1.54, 1.807) is 6.07 Å². The van der Waals surface area contributed by atoms with Crippen LogP contribution in [0.2, 0.25) is 5.02 Å². The lowest BCUT2D eigenvalue weighted by molar-refractivity contribution is 0.0638. The fourth-order valence-electron chi connectivity index (χ4n) is 2.43. The van der Waals surface area contributed by atoms with Gasteiger partial charge in [0.25, 0.3) is 0 Å². The summed E-state index contributed by atoms with van der Waals surface area (Å²) in [6.07, 6.45) is 1.08. The van der Waals surface area contributed by atoms with Crippen molar-refractivity contribution in [1.82, 2.24) is 10.2 Å². The maximum absolute atomic E-state index is 13.0. The number of nitrogens with zero attached hydrogens (tertiary/aromatic N) is 1. The Morgan fingerprint density at radius 1 is 1.50 bits per heavy atom. The Morgan fingerprint density at radius 3 is 2.94 bits per heavy atom. The van der Waals surface area contributed by atoms with Crippen molar-refractivity contribution >= 4 is 11.6 Å². The molecule has 0 spiro atoms. The van der Waals surface area contributed by atoms with E-state index >= 15 is 0 Å². The van der Waals surface area contributed by atoms with Crippen molar-refractivity contribution in [3.05, 3.63) is 34.6 Å². The molecule has 0 aromatic heterocycles. The summed E-state index contributed by atoms with van der Waals surface area (Å²) in [5, 5.41) is 3.95. The zero-order chi connectivity index (χ0) is 13.2. The molecule has 0 bridgehead atoms. The van der Waals surface area contributed by atoms with E-state index in [4.69, 9.17) is 11.6 Å². The second-order valence-electron chi connectivity index (χ2n) is 5.18. The second-order valence-corrected chi connectivity index (χ2v) is 5.59. The third kappa shape index (κ3) is 2.85. The molecule has 1 aromatic rings. The highest BCUT2D eigenvalue weighted by atomic mass is 35.5. The Morgan fingerprint density at radius 2 is 2.28 bits per heavy atom. The SMILES string of the molecule is CCC1(C)CNCCN1Cc1ccc(F)cc1Cl. The maximum Gasteiger partial charge on any atom is 0.124 e. The van der Waals surface area contributed by atoms with Crippen LogP contribution < -0.4 is 5.32 Å². The number of hydrogen-bond acceptors (Lipinski definition) is 2. The third-order valence-electron chi connectivity index (χ3n) is 3.97. The number of halogens is 2. The van der Waals surface area contributed by atoms with Gasteiger partial charge in [0.1, 0.15) is 5.82 Å². The second kappa shape index (κ2) is 5.55. The van der Waals surface area contributed by atoms with Crippen LogP contribution in [0, 0.1) is 5.82 Å². The number of nitrogens with one attached hydrogen (secondary N) is 1. The summed E-state index contributed by atoms with van der Waals surface area (Å²) in [5.41, 5.74) is 1.15. The van der Waals surface area contributed by atoms with Gasteiger partial charge in [-0.2, -0.15) is 0 Å². The fourth-order valence-corrected chi connectivity index (χ4v) is 2.65. The van der Waals surface area contributed by atoms with Crippen LogP contribution in [0.4, 0.5) is 4.39 Å². The van der Waals surface area contributed by atoms with Gasteiger partial charge in [-0.1, -0.05) is 24.6 Å². The van der Waals surface area contributed by atoms with Crippen LogP contribution in [0.1, 0.15) is 25.8 Å². The molecule has 1 heterocycles. The van der Waals surface area contributed by atoms with Crippen molar-refractivity contribution in [2.45, 2.75) is 32.4 Å². The van der Waals surface area contributed by atoms with Crippen molar-refractivity contribution in [2.75, 3.05) is 19.6 Å². The van der Waals surface area contributed by atoms with Gasteiger partial charge in [-0.3, -0.25) is 4.90 Å². The molecule has 0 saturated carbocycles. The van der Waals surface area contributed by atoms with Gasteiger partial charge in [0.15, 0.2) is 0 Å². The van der Waals surface area contributed by atoms with Gasteiger partial charge in [0.05, 0.1) is 0 Å². The van der Waals surface area contributed by atoms with Gasteiger partial charge in [-0.05, 0) is 31.0 Å². The summed E-state index contributed by atoms with van der Waals surface area (Å²) in [7, 11) is 0. The molecule has 2 nitrogen and oxygen atoms in total. The summed E-state index contributed by atoms with van der Waals surface area (Å²) in [6.45, 7) is 8.22. The molecular formula is C14H20ClFN2. The van der Waals surface area contributed by atoms with E-state index in [9.17, 15) is 4.39 Å². The van der Waals surface area contributed by atoms with E-state index in [-0.39, 0.29) is 11.4 Å². The van der Waals surface area contributed by atoms with Crippen LogP contribution in [0.25, 0.3) is 0 Å². The van der Waals surface area contributed by atoms with Crippen LogP contribution >= 0.6 is 11.6 Å². The zero-order valence-electron chi connectivity index (χ0n) is 11.0. The molecule has 1 aliphatic heterocycles. The number of rotatable bonds is 3. The molecule has 0 amide bonds. The summed E-state index contributed by atoms with van der Waals surface area (Å²) >= 11 is 6.10. The predicted molar refractivity (Wildman–Crippen MR) is 73.4 cm³/mol. The predicted octanol–water partition coefficient (Wildman–Crippen LogP) is 3.05. The van der Waals surface area contributed by atoms with Crippen LogP contribution in [-0.2, 0) is 6.54 Å². The van der Waals surface area contributed by atoms with Gasteiger partial charge >= 0.3 is 0 Å². The molecule has 1 unspecified atom stereocenters. The van der Waals surface area contributed by atoms with Crippen molar-refractivity contribution in [3.63, 3.8) is 0 Å². The lowest BCUT2D eigenvalue weighted by atomic mass is 9.93. The van der Waals surface area contributed by atoms with Crippen LogP contribution in [0.15, 0.2) is 18.2 Å². The third-order valence-corrected chi connectivity index (χ3v) is 4.32.